The second-order valence-corrected chi connectivity index (χ2v) is 8.68. The molecule has 0 radical (unpaired) electrons. The maximum Gasteiger partial charge on any atom is 0.341 e. The first kappa shape index (κ1) is 21.5. The van der Waals surface area contributed by atoms with Crippen LogP contribution in [0.3, 0.4) is 0 Å². The number of aryl methyl sites for hydroxylation is 1. The second-order valence-electron chi connectivity index (χ2n) is 6.63. The first-order valence-corrected chi connectivity index (χ1v) is 10.3. The minimum Gasteiger partial charge on any atom is -0.481 e. The number of hydrogen-bond acceptors (Lipinski definition) is 5. The van der Waals surface area contributed by atoms with Crippen LogP contribution >= 0.6 is 0 Å². The molecule has 0 spiro atoms. The largest absolute Gasteiger partial charge is 0.481 e. The van der Waals surface area contributed by atoms with Crippen molar-refractivity contribution in [2.24, 2.45) is 7.05 Å². The van der Waals surface area contributed by atoms with Crippen LogP contribution in [0, 0.1) is 5.82 Å². The van der Waals surface area contributed by atoms with Crippen LogP contribution in [0.15, 0.2) is 59.8 Å². The van der Waals surface area contributed by atoms with Gasteiger partial charge in [-0.3, -0.25) is 4.68 Å². The number of nitrogens with zero attached hydrogens (tertiary/aromatic N) is 3. The molecule has 0 saturated carbocycles. The number of carbonyl (C=O) groups is 1. The van der Waals surface area contributed by atoms with Gasteiger partial charge in [0.05, 0.1) is 11.1 Å². The van der Waals surface area contributed by atoms with Crippen molar-refractivity contribution in [3.8, 4) is 16.9 Å². The van der Waals surface area contributed by atoms with Gasteiger partial charge in [0.2, 0.25) is 10.0 Å². The third kappa shape index (κ3) is 4.84. The Morgan fingerprint density at radius 2 is 1.93 bits per heavy atom. The number of sulfonamides is 1. The molecule has 3 aromatic rings. The molecule has 30 heavy (non-hydrogen) atoms. The Kier molecular flexibility index (Phi) is 6.18. The van der Waals surface area contributed by atoms with E-state index in [0.29, 0.717) is 22.4 Å². The molecule has 0 bridgehead atoms. The normalized spacial score (nSPS) is 11.6. The number of aromatic nitrogens is 2. The van der Waals surface area contributed by atoms with Crippen molar-refractivity contribution >= 4 is 16.0 Å². The summed E-state index contributed by atoms with van der Waals surface area (Å²) >= 11 is 0. The number of benzene rings is 2. The molecule has 3 rings (SSSR count). The molecule has 1 N–H and O–H groups in total. The summed E-state index contributed by atoms with van der Waals surface area (Å²) in [6, 6.07) is 9.60. The molecule has 0 aliphatic rings. The minimum atomic E-state index is -3.82. The molecule has 0 saturated heterocycles. The van der Waals surface area contributed by atoms with Crippen LogP contribution in [0.1, 0.15) is 5.56 Å². The fraction of sp³-hybridized carbons (Fsp3) is 0.200. The second kappa shape index (κ2) is 8.64. The van der Waals surface area contributed by atoms with Crippen molar-refractivity contribution in [2.75, 3.05) is 13.7 Å². The lowest BCUT2D eigenvalue weighted by Crippen LogP contribution is -2.26. The number of carboxylic acid groups (broad SMARTS) is 1. The van der Waals surface area contributed by atoms with E-state index in [0.717, 1.165) is 16.4 Å². The van der Waals surface area contributed by atoms with E-state index in [1.807, 2.05) is 0 Å². The van der Waals surface area contributed by atoms with Crippen molar-refractivity contribution in [1.29, 1.82) is 0 Å². The summed E-state index contributed by atoms with van der Waals surface area (Å²) in [6.45, 7) is -0.461. The summed E-state index contributed by atoms with van der Waals surface area (Å²) in [5.74, 6) is -1.28. The predicted octanol–water partition coefficient (Wildman–Crippen LogP) is 2.51. The highest BCUT2D eigenvalue weighted by Gasteiger charge is 2.21. The fourth-order valence-corrected chi connectivity index (χ4v) is 4.01. The number of hydrogen-bond donors (Lipinski definition) is 1. The van der Waals surface area contributed by atoms with Gasteiger partial charge in [-0.25, -0.2) is 17.6 Å². The van der Waals surface area contributed by atoms with E-state index < -0.39 is 28.4 Å². The lowest BCUT2D eigenvalue weighted by Gasteiger charge is -2.18. The first-order chi connectivity index (χ1) is 14.2. The van der Waals surface area contributed by atoms with Gasteiger partial charge in [0.15, 0.2) is 6.61 Å². The molecule has 0 amide bonds. The summed E-state index contributed by atoms with van der Waals surface area (Å²) in [5.41, 5.74) is 1.95. The maximum absolute atomic E-state index is 13.1. The Labute approximate surface area is 173 Å². The number of ether oxygens (including phenoxy) is 1. The SMILES string of the molecule is CN(Cc1ccc(OCC(=O)O)c(-c2cnn(C)c2)c1)S(=O)(=O)c1ccc(F)cc1. The van der Waals surface area contributed by atoms with E-state index in [-0.39, 0.29) is 11.4 Å². The molecule has 0 aliphatic carbocycles. The zero-order chi connectivity index (χ0) is 21.9. The van der Waals surface area contributed by atoms with E-state index in [9.17, 15) is 17.6 Å². The number of aliphatic carboxylic acids is 1. The Balaban J connectivity index is 1.90. The molecular weight excluding hydrogens is 413 g/mol. The van der Waals surface area contributed by atoms with Crippen LogP contribution in [0.2, 0.25) is 0 Å². The smallest absolute Gasteiger partial charge is 0.341 e. The zero-order valence-electron chi connectivity index (χ0n) is 16.3. The molecular formula is C20H20FN3O5S. The third-order valence-corrected chi connectivity index (χ3v) is 6.16. The van der Waals surface area contributed by atoms with Gasteiger partial charge in [-0.1, -0.05) is 6.07 Å². The Morgan fingerprint density at radius 1 is 1.23 bits per heavy atom. The van der Waals surface area contributed by atoms with Gasteiger partial charge in [0, 0.05) is 38.0 Å². The van der Waals surface area contributed by atoms with Crippen molar-refractivity contribution in [3.05, 3.63) is 66.2 Å². The van der Waals surface area contributed by atoms with Gasteiger partial charge in [0.1, 0.15) is 11.6 Å². The highest BCUT2D eigenvalue weighted by molar-refractivity contribution is 7.89. The lowest BCUT2D eigenvalue weighted by molar-refractivity contribution is -0.139. The standard InChI is InChI=1S/C20H20FN3O5S/c1-23-12-15(10-22-23)18-9-14(3-8-19(18)29-13-20(25)26)11-24(2)30(27,28)17-6-4-16(21)5-7-17/h3-10,12H,11,13H2,1-2H3,(H,25,26). The van der Waals surface area contributed by atoms with Crippen LogP contribution in [0.25, 0.3) is 11.1 Å². The Bertz CT molecular complexity index is 1160. The monoisotopic (exact) mass is 433 g/mol. The van der Waals surface area contributed by atoms with Crippen LogP contribution in [-0.4, -0.2) is 47.2 Å². The average Bonchev–Trinajstić information content (AvgIpc) is 3.13. The minimum absolute atomic E-state index is 0.0136. The summed E-state index contributed by atoms with van der Waals surface area (Å²) in [5, 5.41) is 13.0. The van der Waals surface area contributed by atoms with Gasteiger partial charge >= 0.3 is 5.97 Å². The topological polar surface area (TPSA) is 102 Å². The third-order valence-electron chi connectivity index (χ3n) is 4.34. The van der Waals surface area contributed by atoms with Crippen molar-refractivity contribution in [2.45, 2.75) is 11.4 Å². The van der Waals surface area contributed by atoms with Crippen LogP contribution in [0.5, 0.6) is 5.75 Å². The molecule has 0 unspecified atom stereocenters. The molecule has 0 fully saturated rings. The quantitative estimate of drug-likeness (QED) is 0.586. The van der Waals surface area contributed by atoms with E-state index in [4.69, 9.17) is 9.84 Å². The molecule has 0 aliphatic heterocycles. The molecule has 2 aromatic carbocycles. The van der Waals surface area contributed by atoms with Crippen LogP contribution < -0.4 is 4.74 Å². The lowest BCUT2D eigenvalue weighted by atomic mass is 10.0. The summed E-state index contributed by atoms with van der Waals surface area (Å²) in [4.78, 5) is 10.9. The maximum atomic E-state index is 13.1. The first-order valence-electron chi connectivity index (χ1n) is 8.85. The van der Waals surface area contributed by atoms with Gasteiger partial charge < -0.3 is 9.84 Å². The van der Waals surface area contributed by atoms with Crippen molar-refractivity contribution in [1.82, 2.24) is 14.1 Å². The van der Waals surface area contributed by atoms with Crippen molar-refractivity contribution in [3.63, 3.8) is 0 Å². The average molecular weight is 433 g/mol. The molecule has 1 aromatic heterocycles. The predicted molar refractivity (Wildman–Crippen MR) is 107 cm³/mol. The molecule has 1 heterocycles. The molecule has 0 atom stereocenters. The molecule has 158 valence electrons. The number of rotatable bonds is 8. The Hall–Kier alpha value is -3.24. The summed E-state index contributed by atoms with van der Waals surface area (Å²) in [7, 11) is -0.646. The van der Waals surface area contributed by atoms with E-state index in [1.165, 1.54) is 19.2 Å². The van der Waals surface area contributed by atoms with E-state index in [2.05, 4.69) is 5.10 Å². The Morgan fingerprint density at radius 3 is 2.53 bits per heavy atom. The van der Waals surface area contributed by atoms with E-state index >= 15 is 0 Å². The van der Waals surface area contributed by atoms with Gasteiger partial charge in [-0.2, -0.15) is 9.40 Å². The zero-order valence-corrected chi connectivity index (χ0v) is 17.1. The van der Waals surface area contributed by atoms with Crippen LogP contribution in [0.4, 0.5) is 4.39 Å². The number of carboxylic acids is 1. The fourth-order valence-electron chi connectivity index (χ4n) is 2.86. The molecule has 10 heteroatoms. The van der Waals surface area contributed by atoms with Crippen molar-refractivity contribution < 1.29 is 27.4 Å². The van der Waals surface area contributed by atoms with Gasteiger partial charge in [0.25, 0.3) is 0 Å². The van der Waals surface area contributed by atoms with E-state index in [1.54, 1.807) is 42.3 Å². The van der Waals surface area contributed by atoms with Crippen LogP contribution in [-0.2, 0) is 28.4 Å². The highest BCUT2D eigenvalue weighted by atomic mass is 32.2. The van der Waals surface area contributed by atoms with Gasteiger partial charge in [-0.15, -0.1) is 0 Å². The molecule has 8 nitrogen and oxygen atoms in total. The highest BCUT2D eigenvalue weighted by Crippen LogP contribution is 2.31. The summed E-state index contributed by atoms with van der Waals surface area (Å²) < 4.78 is 46.7. The van der Waals surface area contributed by atoms with Gasteiger partial charge in [-0.05, 0) is 42.0 Å². The number of halogens is 1. The summed E-state index contributed by atoms with van der Waals surface area (Å²) in [6.07, 6.45) is 3.34.